The summed E-state index contributed by atoms with van der Waals surface area (Å²) in [6, 6.07) is 6.27. The number of aryl methyl sites for hydroxylation is 2. The van der Waals surface area contributed by atoms with Crippen LogP contribution >= 0.6 is 0 Å². The number of nitrogens with zero attached hydrogens (tertiary/aromatic N) is 2. The molecule has 4 nitrogen and oxygen atoms in total. The Hall–Kier alpha value is -1.81. The lowest BCUT2D eigenvalue weighted by Gasteiger charge is -2.12. The molecule has 0 fully saturated rings. The van der Waals surface area contributed by atoms with Crippen molar-refractivity contribution in [2.45, 2.75) is 27.0 Å². The lowest BCUT2D eigenvalue weighted by Crippen LogP contribution is -2.13. The second-order valence-corrected chi connectivity index (χ2v) is 4.63. The van der Waals surface area contributed by atoms with Gasteiger partial charge in [0, 0.05) is 31.5 Å². The maximum absolute atomic E-state index is 5.89. The van der Waals surface area contributed by atoms with Gasteiger partial charge in [0.25, 0.3) is 0 Å². The first kappa shape index (κ1) is 13.6. The van der Waals surface area contributed by atoms with E-state index < -0.39 is 0 Å². The molecule has 1 heterocycles. The largest absolute Gasteiger partial charge is 0.485 e. The maximum atomic E-state index is 5.89. The Morgan fingerprint density at radius 3 is 2.89 bits per heavy atom. The maximum Gasteiger partial charge on any atom is 0.146 e. The van der Waals surface area contributed by atoms with Crippen molar-refractivity contribution < 1.29 is 4.74 Å². The molecule has 0 radical (unpaired) electrons. The Morgan fingerprint density at radius 1 is 1.37 bits per heavy atom. The van der Waals surface area contributed by atoms with E-state index in [1.807, 2.05) is 23.9 Å². The molecule has 0 aliphatic rings. The molecule has 0 bridgehead atoms. The molecule has 1 aromatic heterocycles. The standard InChI is InChI=1S/C15H21N3O/c1-4-16-10-13-9-12(2)5-6-14(13)19-11-15-17-7-8-18(15)3/h5-9,16H,4,10-11H2,1-3H3. The molecule has 0 unspecified atom stereocenters. The molecule has 0 spiro atoms. The van der Waals surface area contributed by atoms with Gasteiger partial charge in [-0.1, -0.05) is 24.6 Å². The van der Waals surface area contributed by atoms with Crippen LogP contribution < -0.4 is 10.1 Å². The highest BCUT2D eigenvalue weighted by molar-refractivity contribution is 5.36. The van der Waals surface area contributed by atoms with Gasteiger partial charge in [-0.2, -0.15) is 0 Å². The van der Waals surface area contributed by atoms with Gasteiger partial charge in [0.05, 0.1) is 0 Å². The fraction of sp³-hybridized carbons (Fsp3) is 0.400. The van der Waals surface area contributed by atoms with E-state index in [9.17, 15) is 0 Å². The van der Waals surface area contributed by atoms with Crippen LogP contribution in [0.2, 0.25) is 0 Å². The van der Waals surface area contributed by atoms with E-state index in [1.165, 1.54) is 11.1 Å². The van der Waals surface area contributed by atoms with E-state index in [4.69, 9.17) is 4.74 Å². The molecule has 0 aliphatic carbocycles. The lowest BCUT2D eigenvalue weighted by molar-refractivity contribution is 0.288. The summed E-state index contributed by atoms with van der Waals surface area (Å²) < 4.78 is 7.86. The third kappa shape index (κ3) is 3.58. The number of aromatic nitrogens is 2. The van der Waals surface area contributed by atoms with Crippen molar-refractivity contribution in [3.63, 3.8) is 0 Å². The second-order valence-electron chi connectivity index (χ2n) is 4.63. The van der Waals surface area contributed by atoms with Crippen LogP contribution in [0.4, 0.5) is 0 Å². The van der Waals surface area contributed by atoms with E-state index >= 15 is 0 Å². The molecule has 0 saturated heterocycles. The first-order valence-electron chi connectivity index (χ1n) is 6.60. The van der Waals surface area contributed by atoms with E-state index in [-0.39, 0.29) is 0 Å². The Labute approximate surface area is 114 Å². The van der Waals surface area contributed by atoms with Crippen LogP contribution in [0, 0.1) is 6.92 Å². The molecular formula is C15H21N3O. The highest BCUT2D eigenvalue weighted by Crippen LogP contribution is 2.21. The van der Waals surface area contributed by atoms with Gasteiger partial charge in [-0.25, -0.2) is 4.98 Å². The van der Waals surface area contributed by atoms with Gasteiger partial charge in [-0.05, 0) is 19.5 Å². The summed E-state index contributed by atoms with van der Waals surface area (Å²) >= 11 is 0. The summed E-state index contributed by atoms with van der Waals surface area (Å²) in [5.41, 5.74) is 2.44. The number of hydrogen-bond acceptors (Lipinski definition) is 3. The minimum absolute atomic E-state index is 0.492. The van der Waals surface area contributed by atoms with E-state index in [0.717, 1.165) is 24.7 Å². The zero-order valence-electron chi connectivity index (χ0n) is 11.8. The molecule has 19 heavy (non-hydrogen) atoms. The summed E-state index contributed by atoms with van der Waals surface area (Å²) in [6.45, 7) is 6.47. The predicted molar refractivity (Wildman–Crippen MR) is 76.1 cm³/mol. The monoisotopic (exact) mass is 259 g/mol. The van der Waals surface area contributed by atoms with Crippen LogP contribution in [-0.2, 0) is 20.2 Å². The smallest absolute Gasteiger partial charge is 0.146 e. The quantitative estimate of drug-likeness (QED) is 0.866. The van der Waals surface area contributed by atoms with Gasteiger partial charge in [0.2, 0.25) is 0 Å². The molecule has 0 atom stereocenters. The van der Waals surface area contributed by atoms with Crippen molar-refractivity contribution in [1.82, 2.24) is 14.9 Å². The molecule has 0 saturated carbocycles. The SMILES string of the molecule is CCNCc1cc(C)ccc1OCc1nccn1C. The summed E-state index contributed by atoms with van der Waals surface area (Å²) in [5, 5.41) is 3.34. The van der Waals surface area contributed by atoms with Gasteiger partial charge >= 0.3 is 0 Å². The third-order valence-corrected chi connectivity index (χ3v) is 3.06. The van der Waals surface area contributed by atoms with Crippen LogP contribution in [0.1, 0.15) is 23.9 Å². The van der Waals surface area contributed by atoms with Gasteiger partial charge in [0.1, 0.15) is 18.2 Å². The second kappa shape index (κ2) is 6.38. The van der Waals surface area contributed by atoms with Crippen LogP contribution in [0.15, 0.2) is 30.6 Å². The van der Waals surface area contributed by atoms with Gasteiger partial charge in [-0.3, -0.25) is 0 Å². The predicted octanol–water partition coefficient (Wildman–Crippen LogP) is 2.42. The van der Waals surface area contributed by atoms with E-state index in [0.29, 0.717) is 6.61 Å². The summed E-state index contributed by atoms with van der Waals surface area (Å²) in [7, 11) is 1.97. The van der Waals surface area contributed by atoms with E-state index in [1.54, 1.807) is 6.20 Å². The average Bonchev–Trinajstić information content (AvgIpc) is 2.81. The van der Waals surface area contributed by atoms with Crippen LogP contribution in [0.25, 0.3) is 0 Å². The molecule has 2 aromatic rings. The zero-order valence-corrected chi connectivity index (χ0v) is 11.8. The number of imidazole rings is 1. The van der Waals surface area contributed by atoms with Crippen LogP contribution in [0.5, 0.6) is 5.75 Å². The van der Waals surface area contributed by atoms with Crippen molar-refractivity contribution >= 4 is 0 Å². The third-order valence-electron chi connectivity index (χ3n) is 3.06. The Balaban J connectivity index is 2.08. The molecule has 0 aliphatic heterocycles. The van der Waals surface area contributed by atoms with Crippen molar-refractivity contribution in [2.75, 3.05) is 6.54 Å². The highest BCUT2D eigenvalue weighted by Gasteiger charge is 2.06. The molecule has 102 valence electrons. The Kier molecular flexibility index (Phi) is 4.58. The average molecular weight is 259 g/mol. The van der Waals surface area contributed by atoms with Crippen LogP contribution in [-0.4, -0.2) is 16.1 Å². The van der Waals surface area contributed by atoms with Crippen molar-refractivity contribution in [1.29, 1.82) is 0 Å². The Morgan fingerprint density at radius 2 is 2.21 bits per heavy atom. The molecule has 1 N–H and O–H groups in total. The summed E-state index contributed by atoms with van der Waals surface area (Å²) in [6.07, 6.45) is 3.71. The summed E-state index contributed by atoms with van der Waals surface area (Å²) in [4.78, 5) is 4.26. The number of rotatable bonds is 6. The Bertz CT molecular complexity index is 534. The van der Waals surface area contributed by atoms with Crippen molar-refractivity contribution in [3.8, 4) is 5.75 Å². The van der Waals surface area contributed by atoms with E-state index in [2.05, 4.69) is 36.3 Å². The fourth-order valence-electron chi connectivity index (χ4n) is 1.92. The topological polar surface area (TPSA) is 39.1 Å². The number of hydrogen-bond donors (Lipinski definition) is 1. The normalized spacial score (nSPS) is 10.7. The highest BCUT2D eigenvalue weighted by atomic mass is 16.5. The van der Waals surface area contributed by atoms with Gasteiger partial charge in [0.15, 0.2) is 0 Å². The fourth-order valence-corrected chi connectivity index (χ4v) is 1.92. The minimum atomic E-state index is 0.492. The first-order valence-corrected chi connectivity index (χ1v) is 6.60. The molecule has 1 aromatic carbocycles. The van der Waals surface area contributed by atoms with Crippen molar-refractivity contribution in [2.24, 2.45) is 7.05 Å². The first-order chi connectivity index (χ1) is 9.20. The minimum Gasteiger partial charge on any atom is -0.485 e. The van der Waals surface area contributed by atoms with Crippen molar-refractivity contribution in [3.05, 3.63) is 47.5 Å². The molecule has 2 rings (SSSR count). The lowest BCUT2D eigenvalue weighted by atomic mass is 10.1. The van der Waals surface area contributed by atoms with Gasteiger partial charge in [-0.15, -0.1) is 0 Å². The zero-order chi connectivity index (χ0) is 13.7. The molecule has 0 amide bonds. The molecular weight excluding hydrogens is 238 g/mol. The molecule has 4 heteroatoms. The number of nitrogens with one attached hydrogen (secondary N) is 1. The van der Waals surface area contributed by atoms with Gasteiger partial charge < -0.3 is 14.6 Å². The summed E-state index contributed by atoms with van der Waals surface area (Å²) in [5.74, 6) is 1.85. The van der Waals surface area contributed by atoms with Crippen LogP contribution in [0.3, 0.4) is 0 Å². The number of benzene rings is 1. The number of ether oxygens (including phenoxy) is 1.